The lowest BCUT2D eigenvalue weighted by atomic mass is 9.95. The number of allylic oxidation sites excluding steroid dienone is 1. The Morgan fingerprint density at radius 2 is 1.83 bits per heavy atom. The van der Waals surface area contributed by atoms with Crippen molar-refractivity contribution in [3.05, 3.63) is 90.1 Å². The van der Waals surface area contributed by atoms with Gasteiger partial charge in [-0.05, 0) is 50.1 Å². The lowest BCUT2D eigenvalue weighted by Gasteiger charge is -2.25. The maximum atomic E-state index is 13.7. The van der Waals surface area contributed by atoms with Crippen LogP contribution in [0.5, 0.6) is 11.5 Å². The Hall–Kier alpha value is -3.98. The average molecular weight is 507 g/mol. The van der Waals surface area contributed by atoms with Gasteiger partial charge in [0.25, 0.3) is 5.56 Å². The molecule has 0 amide bonds. The zero-order valence-electron chi connectivity index (χ0n) is 20.7. The average Bonchev–Trinajstić information content (AvgIpc) is 3.14. The molecule has 0 saturated carbocycles. The third-order valence-corrected chi connectivity index (χ3v) is 6.63. The number of thiazole rings is 1. The normalized spacial score (nSPS) is 15.2. The van der Waals surface area contributed by atoms with Crippen LogP contribution in [-0.2, 0) is 14.3 Å². The summed E-state index contributed by atoms with van der Waals surface area (Å²) in [6.07, 6.45) is 1.81. The van der Waals surface area contributed by atoms with Crippen molar-refractivity contribution in [2.24, 2.45) is 4.99 Å². The van der Waals surface area contributed by atoms with E-state index in [4.69, 9.17) is 14.2 Å². The second-order valence-electron chi connectivity index (χ2n) is 8.22. The number of nitrogens with zero attached hydrogens (tertiary/aromatic N) is 2. The van der Waals surface area contributed by atoms with Gasteiger partial charge in [0.2, 0.25) is 0 Å². The molecule has 4 rings (SSSR count). The number of methoxy groups -OCH3 is 1. The van der Waals surface area contributed by atoms with Gasteiger partial charge in [-0.15, -0.1) is 0 Å². The SMILES string of the molecule is CCOC(=O)C1=C(C)N=c2s/c(=C/c3ccc(C)cc3)c(=O)n2[C@@H]1c1ccc(OC(C)=O)c(OC)c1. The predicted molar refractivity (Wildman–Crippen MR) is 136 cm³/mol. The largest absolute Gasteiger partial charge is 0.493 e. The first kappa shape index (κ1) is 25.1. The van der Waals surface area contributed by atoms with Crippen molar-refractivity contribution in [3.63, 3.8) is 0 Å². The van der Waals surface area contributed by atoms with E-state index in [9.17, 15) is 14.4 Å². The van der Waals surface area contributed by atoms with Crippen molar-refractivity contribution < 1.29 is 23.8 Å². The molecule has 1 aliphatic rings. The quantitative estimate of drug-likeness (QED) is 0.377. The predicted octanol–water partition coefficient (Wildman–Crippen LogP) is 3.04. The van der Waals surface area contributed by atoms with Crippen LogP contribution < -0.4 is 24.4 Å². The molecule has 9 heteroatoms. The Labute approximate surface area is 211 Å². The second kappa shape index (κ2) is 10.3. The fraction of sp³-hybridized carbons (Fsp3) is 0.259. The molecule has 0 fully saturated rings. The van der Waals surface area contributed by atoms with Gasteiger partial charge in [0.05, 0.1) is 35.6 Å². The standard InChI is InChI=1S/C27H26N2O6S/c1-6-34-26(32)23-16(3)28-27-29(25(31)22(36-27)13-18-9-7-15(2)8-10-18)24(23)19-11-12-20(35-17(4)30)21(14-19)33-5/h7-14,24H,6H2,1-5H3/b22-13+/t24-/m1/s1. The molecule has 36 heavy (non-hydrogen) atoms. The molecule has 0 bridgehead atoms. The third-order valence-electron chi connectivity index (χ3n) is 5.65. The van der Waals surface area contributed by atoms with Crippen LogP contribution in [0.4, 0.5) is 0 Å². The summed E-state index contributed by atoms with van der Waals surface area (Å²) in [6.45, 7) is 6.91. The van der Waals surface area contributed by atoms with Gasteiger partial charge in [-0.3, -0.25) is 14.2 Å². The molecule has 1 aliphatic heterocycles. The minimum absolute atomic E-state index is 0.175. The summed E-state index contributed by atoms with van der Waals surface area (Å²) >= 11 is 1.25. The fourth-order valence-electron chi connectivity index (χ4n) is 4.01. The number of ether oxygens (including phenoxy) is 3. The number of aromatic nitrogens is 1. The van der Waals surface area contributed by atoms with Crippen LogP contribution in [0.15, 0.2) is 63.5 Å². The lowest BCUT2D eigenvalue weighted by molar-refractivity contribution is -0.139. The summed E-state index contributed by atoms with van der Waals surface area (Å²) in [5.74, 6) is -0.519. The summed E-state index contributed by atoms with van der Waals surface area (Å²) < 4.78 is 18.0. The molecule has 1 aromatic heterocycles. The Bertz CT molecular complexity index is 1550. The Kier molecular flexibility index (Phi) is 7.21. The van der Waals surface area contributed by atoms with Crippen LogP contribution in [0, 0.1) is 6.92 Å². The minimum Gasteiger partial charge on any atom is -0.493 e. The molecule has 0 saturated heterocycles. The first-order valence-corrected chi connectivity index (χ1v) is 12.2. The van der Waals surface area contributed by atoms with Crippen molar-refractivity contribution in [2.75, 3.05) is 13.7 Å². The highest BCUT2D eigenvalue weighted by Gasteiger charge is 2.34. The monoisotopic (exact) mass is 506 g/mol. The highest BCUT2D eigenvalue weighted by Crippen LogP contribution is 2.36. The van der Waals surface area contributed by atoms with Gasteiger partial charge < -0.3 is 14.2 Å². The summed E-state index contributed by atoms with van der Waals surface area (Å²) in [5, 5.41) is 0. The van der Waals surface area contributed by atoms with Crippen molar-refractivity contribution >= 4 is 29.4 Å². The highest BCUT2D eigenvalue weighted by molar-refractivity contribution is 7.07. The van der Waals surface area contributed by atoms with E-state index in [1.54, 1.807) is 32.0 Å². The smallest absolute Gasteiger partial charge is 0.338 e. The molecule has 186 valence electrons. The first-order valence-electron chi connectivity index (χ1n) is 11.4. The van der Waals surface area contributed by atoms with Gasteiger partial charge in [-0.25, -0.2) is 9.79 Å². The van der Waals surface area contributed by atoms with E-state index in [0.29, 0.717) is 26.3 Å². The van der Waals surface area contributed by atoms with Crippen LogP contribution in [0.25, 0.3) is 6.08 Å². The number of esters is 2. The Balaban J connectivity index is 1.94. The molecule has 0 spiro atoms. The molecule has 0 unspecified atom stereocenters. The third kappa shape index (κ3) is 4.87. The summed E-state index contributed by atoms with van der Waals surface area (Å²) in [5.41, 5.74) is 3.04. The maximum Gasteiger partial charge on any atom is 0.338 e. The maximum absolute atomic E-state index is 13.7. The van der Waals surface area contributed by atoms with E-state index in [2.05, 4.69) is 4.99 Å². The van der Waals surface area contributed by atoms with Crippen molar-refractivity contribution in [2.45, 2.75) is 33.7 Å². The summed E-state index contributed by atoms with van der Waals surface area (Å²) in [7, 11) is 1.45. The number of carbonyl (C=O) groups is 2. The highest BCUT2D eigenvalue weighted by atomic mass is 32.1. The van der Waals surface area contributed by atoms with Gasteiger partial charge in [0.15, 0.2) is 16.3 Å². The molecule has 1 atom stereocenters. The zero-order valence-corrected chi connectivity index (χ0v) is 21.5. The molecular formula is C27H26N2O6S. The first-order chi connectivity index (χ1) is 17.2. The Morgan fingerprint density at radius 3 is 2.47 bits per heavy atom. The van der Waals surface area contributed by atoms with Crippen LogP contribution >= 0.6 is 11.3 Å². The van der Waals surface area contributed by atoms with Gasteiger partial charge in [-0.1, -0.05) is 47.2 Å². The van der Waals surface area contributed by atoms with Crippen LogP contribution in [0.1, 0.15) is 43.5 Å². The van der Waals surface area contributed by atoms with Gasteiger partial charge >= 0.3 is 11.9 Å². The van der Waals surface area contributed by atoms with Crippen molar-refractivity contribution in [3.8, 4) is 11.5 Å². The van der Waals surface area contributed by atoms with Gasteiger partial charge in [-0.2, -0.15) is 0 Å². The van der Waals surface area contributed by atoms with Crippen molar-refractivity contribution in [1.82, 2.24) is 4.57 Å². The Morgan fingerprint density at radius 1 is 1.11 bits per heavy atom. The van der Waals surface area contributed by atoms with E-state index in [0.717, 1.165) is 11.1 Å². The van der Waals surface area contributed by atoms with Crippen LogP contribution in [0.3, 0.4) is 0 Å². The summed E-state index contributed by atoms with van der Waals surface area (Å²) in [4.78, 5) is 43.3. The minimum atomic E-state index is -0.805. The second-order valence-corrected chi connectivity index (χ2v) is 9.23. The van der Waals surface area contributed by atoms with E-state index in [-0.39, 0.29) is 23.5 Å². The number of rotatable bonds is 6. The number of hydrogen-bond acceptors (Lipinski definition) is 8. The summed E-state index contributed by atoms with van der Waals surface area (Å²) in [6, 6.07) is 12.0. The number of hydrogen-bond donors (Lipinski definition) is 0. The molecule has 0 radical (unpaired) electrons. The number of carbonyl (C=O) groups excluding carboxylic acids is 2. The van der Waals surface area contributed by atoms with E-state index in [1.165, 1.54) is 29.9 Å². The molecular weight excluding hydrogens is 480 g/mol. The number of benzene rings is 2. The molecule has 0 N–H and O–H groups in total. The van der Waals surface area contributed by atoms with Crippen LogP contribution in [-0.4, -0.2) is 30.2 Å². The molecule has 2 aromatic carbocycles. The number of aryl methyl sites for hydroxylation is 1. The molecule has 3 aromatic rings. The molecule has 2 heterocycles. The van der Waals surface area contributed by atoms with Crippen molar-refractivity contribution in [1.29, 1.82) is 0 Å². The number of fused-ring (bicyclic) bond motifs is 1. The zero-order chi connectivity index (χ0) is 26.0. The van der Waals surface area contributed by atoms with Gasteiger partial charge in [0, 0.05) is 6.92 Å². The van der Waals surface area contributed by atoms with Gasteiger partial charge in [0.1, 0.15) is 0 Å². The lowest BCUT2D eigenvalue weighted by Crippen LogP contribution is -2.40. The van der Waals surface area contributed by atoms with E-state index >= 15 is 0 Å². The van der Waals surface area contributed by atoms with Crippen LogP contribution in [0.2, 0.25) is 0 Å². The van der Waals surface area contributed by atoms with E-state index in [1.807, 2.05) is 37.3 Å². The fourth-order valence-corrected chi connectivity index (χ4v) is 5.06. The molecule has 0 aliphatic carbocycles. The molecule has 8 nitrogen and oxygen atoms in total. The van der Waals surface area contributed by atoms with E-state index < -0.39 is 18.0 Å². The topological polar surface area (TPSA) is 96.2 Å².